The summed E-state index contributed by atoms with van der Waals surface area (Å²) < 4.78 is 0.457. The summed E-state index contributed by atoms with van der Waals surface area (Å²) in [4.78, 5) is 9.78. The topological polar surface area (TPSA) is 92.9 Å². The highest BCUT2D eigenvalue weighted by molar-refractivity contribution is 9.10. The SMILES string of the molecule is N#Cc1c(Br)ccc([N+](=O)[O-])c1N. The fraction of sp³-hybridized carbons (Fsp3) is 0. The molecule has 0 heterocycles. The first-order valence-electron chi connectivity index (χ1n) is 3.20. The van der Waals surface area contributed by atoms with Crippen molar-refractivity contribution in [2.45, 2.75) is 0 Å². The minimum atomic E-state index is -0.622. The number of nitrogens with two attached hydrogens (primary N) is 1. The van der Waals surface area contributed by atoms with Crippen molar-refractivity contribution in [3.05, 3.63) is 32.3 Å². The van der Waals surface area contributed by atoms with Gasteiger partial charge in [-0.25, -0.2) is 0 Å². The Balaban J connectivity index is 3.47. The zero-order valence-corrected chi connectivity index (χ0v) is 7.91. The summed E-state index contributed by atoms with van der Waals surface area (Å²) in [6.07, 6.45) is 0. The second kappa shape index (κ2) is 3.41. The maximum absolute atomic E-state index is 10.4. The number of halogens is 1. The highest BCUT2D eigenvalue weighted by Gasteiger charge is 2.16. The zero-order valence-electron chi connectivity index (χ0n) is 6.32. The molecule has 1 rings (SSSR count). The average Bonchev–Trinajstić information content (AvgIpc) is 2.04. The summed E-state index contributed by atoms with van der Waals surface area (Å²) in [6, 6.07) is 4.46. The molecule has 5 nitrogen and oxygen atoms in total. The van der Waals surface area contributed by atoms with E-state index in [0.717, 1.165) is 0 Å². The average molecular weight is 242 g/mol. The quantitative estimate of drug-likeness (QED) is 0.461. The number of nitriles is 1. The van der Waals surface area contributed by atoms with Gasteiger partial charge in [0.05, 0.1) is 10.5 Å². The van der Waals surface area contributed by atoms with Gasteiger partial charge >= 0.3 is 0 Å². The van der Waals surface area contributed by atoms with E-state index in [1.54, 1.807) is 6.07 Å². The second-order valence-corrected chi connectivity index (χ2v) is 3.08. The molecule has 0 unspecified atom stereocenters. The molecule has 0 aliphatic carbocycles. The van der Waals surface area contributed by atoms with Gasteiger partial charge in [0.15, 0.2) is 0 Å². The van der Waals surface area contributed by atoms with E-state index < -0.39 is 4.92 Å². The minimum absolute atomic E-state index is 0.0919. The predicted octanol–water partition coefficient (Wildman–Crippen LogP) is 1.81. The second-order valence-electron chi connectivity index (χ2n) is 2.22. The molecule has 0 atom stereocenters. The van der Waals surface area contributed by atoms with E-state index in [0.29, 0.717) is 4.47 Å². The van der Waals surface area contributed by atoms with Crippen molar-refractivity contribution < 1.29 is 4.92 Å². The lowest BCUT2D eigenvalue weighted by Gasteiger charge is -2.00. The fourth-order valence-electron chi connectivity index (χ4n) is 0.855. The lowest BCUT2D eigenvalue weighted by Crippen LogP contribution is -1.98. The van der Waals surface area contributed by atoms with Crippen molar-refractivity contribution >= 4 is 27.3 Å². The molecule has 0 bridgehead atoms. The number of hydrogen-bond acceptors (Lipinski definition) is 4. The van der Waals surface area contributed by atoms with Crippen molar-refractivity contribution in [2.75, 3.05) is 5.73 Å². The van der Waals surface area contributed by atoms with Crippen LogP contribution in [-0.2, 0) is 0 Å². The standard InChI is InChI=1S/C7H4BrN3O2/c8-5-1-2-6(11(12)13)7(10)4(5)3-9/h1-2H,10H2. The number of benzene rings is 1. The lowest BCUT2D eigenvalue weighted by molar-refractivity contribution is -0.383. The van der Waals surface area contributed by atoms with Crippen LogP contribution in [0.25, 0.3) is 0 Å². The van der Waals surface area contributed by atoms with Gasteiger partial charge in [0.1, 0.15) is 11.8 Å². The lowest BCUT2D eigenvalue weighted by atomic mass is 10.2. The molecule has 66 valence electrons. The maximum Gasteiger partial charge on any atom is 0.293 e. The molecule has 13 heavy (non-hydrogen) atoms. The normalized spacial score (nSPS) is 9.23. The number of nitrogens with zero attached hydrogens (tertiary/aromatic N) is 2. The third-order valence-corrected chi connectivity index (χ3v) is 2.14. The van der Waals surface area contributed by atoms with Crippen LogP contribution in [0.1, 0.15) is 5.56 Å². The Morgan fingerprint density at radius 1 is 1.62 bits per heavy atom. The summed E-state index contributed by atoms with van der Waals surface area (Å²) >= 11 is 3.07. The molecule has 0 aliphatic rings. The number of nitrogen functional groups attached to an aromatic ring is 1. The van der Waals surface area contributed by atoms with Crippen molar-refractivity contribution in [3.8, 4) is 6.07 Å². The zero-order chi connectivity index (χ0) is 10.0. The molecule has 1 aromatic rings. The van der Waals surface area contributed by atoms with E-state index in [-0.39, 0.29) is 16.9 Å². The monoisotopic (exact) mass is 241 g/mol. The molecule has 0 radical (unpaired) electrons. The first-order valence-corrected chi connectivity index (χ1v) is 3.99. The summed E-state index contributed by atoms with van der Waals surface area (Å²) in [6.45, 7) is 0. The predicted molar refractivity (Wildman–Crippen MR) is 49.9 cm³/mol. The molecule has 0 saturated carbocycles. The van der Waals surface area contributed by atoms with Gasteiger partial charge in [0, 0.05) is 10.5 Å². The highest BCUT2D eigenvalue weighted by Crippen LogP contribution is 2.30. The van der Waals surface area contributed by atoms with Crippen molar-refractivity contribution in [3.63, 3.8) is 0 Å². The smallest absolute Gasteiger partial charge is 0.293 e. The molecule has 2 N–H and O–H groups in total. The van der Waals surface area contributed by atoms with Crippen LogP contribution in [0, 0.1) is 21.4 Å². The fourth-order valence-corrected chi connectivity index (χ4v) is 1.29. The summed E-state index contributed by atoms with van der Waals surface area (Å²) in [7, 11) is 0. The first-order chi connectivity index (χ1) is 6.07. The minimum Gasteiger partial charge on any atom is -0.392 e. The van der Waals surface area contributed by atoms with Crippen LogP contribution in [0.5, 0.6) is 0 Å². The van der Waals surface area contributed by atoms with Crippen molar-refractivity contribution in [2.24, 2.45) is 0 Å². The number of nitro benzene ring substituents is 1. The number of anilines is 1. The molecule has 0 amide bonds. The molecule has 0 aliphatic heterocycles. The summed E-state index contributed by atoms with van der Waals surface area (Å²) in [5.74, 6) is 0. The van der Waals surface area contributed by atoms with E-state index >= 15 is 0 Å². The largest absolute Gasteiger partial charge is 0.392 e. The van der Waals surface area contributed by atoms with Crippen LogP contribution < -0.4 is 5.73 Å². The molecule has 6 heteroatoms. The Morgan fingerprint density at radius 3 is 2.69 bits per heavy atom. The van der Waals surface area contributed by atoms with Crippen LogP contribution in [0.3, 0.4) is 0 Å². The van der Waals surface area contributed by atoms with Crippen LogP contribution in [0.2, 0.25) is 0 Å². The maximum atomic E-state index is 10.4. The third kappa shape index (κ3) is 1.60. The van der Waals surface area contributed by atoms with Gasteiger partial charge in [-0.15, -0.1) is 0 Å². The molecule has 0 spiro atoms. The van der Waals surface area contributed by atoms with Crippen molar-refractivity contribution in [1.82, 2.24) is 0 Å². The first kappa shape index (κ1) is 9.48. The Labute approximate surface area is 82.0 Å². The molecular weight excluding hydrogens is 238 g/mol. The van der Waals surface area contributed by atoms with E-state index in [2.05, 4.69) is 15.9 Å². The Kier molecular flexibility index (Phi) is 2.49. The Morgan fingerprint density at radius 2 is 2.23 bits per heavy atom. The van der Waals surface area contributed by atoms with Crippen LogP contribution in [0.4, 0.5) is 11.4 Å². The molecule has 0 saturated heterocycles. The van der Waals surface area contributed by atoms with E-state index in [1.807, 2.05) is 0 Å². The van der Waals surface area contributed by atoms with Gasteiger partial charge in [-0.2, -0.15) is 5.26 Å². The van der Waals surface area contributed by atoms with Gasteiger partial charge in [-0.3, -0.25) is 10.1 Å². The number of hydrogen-bond donors (Lipinski definition) is 1. The van der Waals surface area contributed by atoms with Crippen molar-refractivity contribution in [1.29, 1.82) is 5.26 Å². The van der Waals surface area contributed by atoms with E-state index in [1.165, 1.54) is 12.1 Å². The third-order valence-electron chi connectivity index (χ3n) is 1.48. The molecular formula is C7H4BrN3O2. The van der Waals surface area contributed by atoms with Gasteiger partial charge in [-0.05, 0) is 22.0 Å². The van der Waals surface area contributed by atoms with E-state index in [4.69, 9.17) is 11.0 Å². The molecule has 0 aromatic heterocycles. The van der Waals surface area contributed by atoms with Crippen LogP contribution >= 0.6 is 15.9 Å². The molecule has 0 fully saturated rings. The summed E-state index contributed by atoms with van der Waals surface area (Å²) in [5.41, 5.74) is 5.13. The molecule has 1 aromatic carbocycles. The number of nitro groups is 1. The van der Waals surface area contributed by atoms with E-state index in [9.17, 15) is 10.1 Å². The van der Waals surface area contributed by atoms with Crippen LogP contribution in [0.15, 0.2) is 16.6 Å². The van der Waals surface area contributed by atoms with Gasteiger partial charge in [0.2, 0.25) is 0 Å². The van der Waals surface area contributed by atoms with Gasteiger partial charge in [-0.1, -0.05) is 0 Å². The highest BCUT2D eigenvalue weighted by atomic mass is 79.9. The van der Waals surface area contributed by atoms with Crippen LogP contribution in [-0.4, -0.2) is 4.92 Å². The van der Waals surface area contributed by atoms with Gasteiger partial charge < -0.3 is 5.73 Å². The Bertz CT molecular complexity index is 411. The van der Waals surface area contributed by atoms with Gasteiger partial charge in [0.25, 0.3) is 5.69 Å². The summed E-state index contributed by atoms with van der Waals surface area (Å²) in [5, 5.41) is 19.0. The Hall–Kier alpha value is -1.61. The number of rotatable bonds is 1.